The van der Waals surface area contributed by atoms with Crippen LogP contribution in [0.4, 0.5) is 5.69 Å². The first-order valence-electron chi connectivity index (χ1n) is 10.6. The third-order valence-corrected chi connectivity index (χ3v) is 5.04. The summed E-state index contributed by atoms with van der Waals surface area (Å²) in [5.41, 5.74) is 2.76. The minimum absolute atomic E-state index is 0.0502. The zero-order valence-electron chi connectivity index (χ0n) is 18.0. The normalized spacial score (nSPS) is 10.4. The van der Waals surface area contributed by atoms with Gasteiger partial charge < -0.3 is 15.0 Å². The molecule has 0 heterocycles. The Morgan fingerprint density at radius 1 is 0.871 bits per heavy atom. The molecule has 0 aromatic heterocycles. The van der Waals surface area contributed by atoms with Crippen LogP contribution in [0.2, 0.25) is 0 Å². The number of rotatable bonds is 9. The number of nitrogens with one attached hydrogen (secondary N) is 1. The number of carbonyl (C=O) groups excluding carboxylic acids is 2. The number of carbonyl (C=O) groups is 2. The maximum atomic E-state index is 12.9. The number of para-hydroxylation sites is 1. The van der Waals surface area contributed by atoms with Gasteiger partial charge in [-0.05, 0) is 49.7 Å². The molecule has 0 unspecified atom stereocenters. The van der Waals surface area contributed by atoms with Crippen LogP contribution in [-0.4, -0.2) is 36.4 Å². The lowest BCUT2D eigenvalue weighted by molar-refractivity contribution is 0.0772. The van der Waals surface area contributed by atoms with E-state index >= 15 is 0 Å². The highest BCUT2D eigenvalue weighted by atomic mass is 16.5. The fourth-order valence-electron chi connectivity index (χ4n) is 3.33. The summed E-state index contributed by atoms with van der Waals surface area (Å²) in [6.45, 7) is 5.64. The van der Waals surface area contributed by atoms with Crippen molar-refractivity contribution in [1.82, 2.24) is 4.90 Å². The molecule has 2 amide bonds. The molecule has 0 atom stereocenters. The molecule has 0 aliphatic carbocycles. The molecule has 1 N–H and O–H groups in total. The van der Waals surface area contributed by atoms with Crippen LogP contribution in [0.5, 0.6) is 5.75 Å². The Labute approximate surface area is 183 Å². The molecule has 0 spiro atoms. The second kappa shape index (κ2) is 11.0. The molecule has 3 aromatic rings. The van der Waals surface area contributed by atoms with Gasteiger partial charge in [-0.3, -0.25) is 9.59 Å². The van der Waals surface area contributed by atoms with Crippen LogP contribution in [0.15, 0.2) is 78.9 Å². The van der Waals surface area contributed by atoms with Gasteiger partial charge in [0.2, 0.25) is 0 Å². The molecule has 3 aromatic carbocycles. The Morgan fingerprint density at radius 3 is 2.32 bits per heavy atom. The molecule has 5 heteroatoms. The quantitative estimate of drug-likeness (QED) is 0.531. The molecule has 3 rings (SSSR count). The molecule has 0 aliphatic rings. The summed E-state index contributed by atoms with van der Waals surface area (Å²) in [6, 6.07) is 24.3. The zero-order chi connectivity index (χ0) is 22.1. The lowest BCUT2D eigenvalue weighted by atomic mass is 10.1. The van der Waals surface area contributed by atoms with E-state index < -0.39 is 0 Å². The Bertz CT molecular complexity index is 1010. The van der Waals surface area contributed by atoms with Crippen molar-refractivity contribution in [3.63, 3.8) is 0 Å². The Morgan fingerprint density at radius 2 is 1.58 bits per heavy atom. The second-order valence-corrected chi connectivity index (χ2v) is 7.09. The maximum Gasteiger partial charge on any atom is 0.259 e. The summed E-state index contributed by atoms with van der Waals surface area (Å²) in [7, 11) is 0. The molecule has 0 fully saturated rings. The number of ether oxygens (including phenoxy) is 1. The lowest BCUT2D eigenvalue weighted by Gasteiger charge is -2.19. The lowest BCUT2D eigenvalue weighted by Crippen LogP contribution is -2.30. The molecular weight excluding hydrogens is 388 g/mol. The fourth-order valence-corrected chi connectivity index (χ4v) is 3.33. The Balaban J connectivity index is 1.68. The van der Waals surface area contributed by atoms with E-state index in [-0.39, 0.29) is 11.8 Å². The van der Waals surface area contributed by atoms with Gasteiger partial charge in [0.15, 0.2) is 0 Å². The minimum Gasteiger partial charge on any atom is -0.492 e. The smallest absolute Gasteiger partial charge is 0.259 e. The molecule has 0 saturated carbocycles. The van der Waals surface area contributed by atoms with Gasteiger partial charge in [0.05, 0.1) is 12.2 Å². The standard InChI is InChI=1S/C26H28N2O3/c1-3-28(4-2)26(30)21-13-10-14-22(19-21)27-25(29)23-15-8-9-16-24(23)31-18-17-20-11-6-5-7-12-20/h5-16,19H,3-4,17-18H2,1-2H3,(H,27,29). The number of anilines is 1. The van der Waals surface area contributed by atoms with Crippen molar-refractivity contribution in [2.75, 3.05) is 25.0 Å². The molecule has 0 saturated heterocycles. The van der Waals surface area contributed by atoms with Gasteiger partial charge in [0.1, 0.15) is 5.75 Å². The first-order valence-corrected chi connectivity index (χ1v) is 10.6. The maximum absolute atomic E-state index is 12.9. The van der Waals surface area contributed by atoms with Gasteiger partial charge in [0, 0.05) is 30.8 Å². The number of amides is 2. The van der Waals surface area contributed by atoms with E-state index in [1.165, 1.54) is 5.56 Å². The largest absolute Gasteiger partial charge is 0.492 e. The SMILES string of the molecule is CCN(CC)C(=O)c1cccc(NC(=O)c2ccccc2OCCc2ccccc2)c1. The van der Waals surface area contributed by atoms with Crippen LogP contribution >= 0.6 is 0 Å². The second-order valence-electron chi connectivity index (χ2n) is 7.09. The highest BCUT2D eigenvalue weighted by Gasteiger charge is 2.15. The van der Waals surface area contributed by atoms with Gasteiger partial charge in [-0.1, -0.05) is 48.5 Å². The van der Waals surface area contributed by atoms with E-state index in [0.717, 1.165) is 6.42 Å². The third-order valence-electron chi connectivity index (χ3n) is 5.04. The summed E-state index contributed by atoms with van der Waals surface area (Å²) in [5, 5.41) is 2.89. The predicted molar refractivity (Wildman–Crippen MR) is 124 cm³/mol. The third kappa shape index (κ3) is 5.95. The minimum atomic E-state index is -0.275. The van der Waals surface area contributed by atoms with Crippen LogP contribution in [0.25, 0.3) is 0 Å². The van der Waals surface area contributed by atoms with Crippen molar-refractivity contribution in [1.29, 1.82) is 0 Å². The van der Waals surface area contributed by atoms with Crippen LogP contribution in [0.1, 0.15) is 40.1 Å². The van der Waals surface area contributed by atoms with E-state index in [0.29, 0.717) is 42.3 Å². The molecule has 0 aliphatic heterocycles. The van der Waals surface area contributed by atoms with E-state index in [1.807, 2.05) is 38.1 Å². The number of hydrogen-bond donors (Lipinski definition) is 1. The average molecular weight is 417 g/mol. The van der Waals surface area contributed by atoms with Crippen LogP contribution < -0.4 is 10.1 Å². The fraction of sp³-hybridized carbons (Fsp3) is 0.231. The van der Waals surface area contributed by atoms with Crippen LogP contribution in [0.3, 0.4) is 0 Å². The van der Waals surface area contributed by atoms with Crippen LogP contribution in [-0.2, 0) is 6.42 Å². The highest BCUT2D eigenvalue weighted by molar-refractivity contribution is 6.06. The summed E-state index contributed by atoms with van der Waals surface area (Å²) >= 11 is 0. The monoisotopic (exact) mass is 416 g/mol. The van der Waals surface area contributed by atoms with Crippen molar-refractivity contribution in [2.45, 2.75) is 20.3 Å². The molecule has 31 heavy (non-hydrogen) atoms. The molecular formula is C26H28N2O3. The average Bonchev–Trinajstić information content (AvgIpc) is 2.81. The topological polar surface area (TPSA) is 58.6 Å². The van der Waals surface area contributed by atoms with Gasteiger partial charge in [-0.25, -0.2) is 0 Å². The van der Waals surface area contributed by atoms with Crippen LogP contribution in [0, 0.1) is 0 Å². The van der Waals surface area contributed by atoms with Gasteiger partial charge in [0.25, 0.3) is 11.8 Å². The summed E-state index contributed by atoms with van der Waals surface area (Å²) < 4.78 is 5.90. The molecule has 160 valence electrons. The van der Waals surface area contributed by atoms with Crippen molar-refractivity contribution in [2.24, 2.45) is 0 Å². The summed E-state index contributed by atoms with van der Waals surface area (Å²) in [5.74, 6) is 0.208. The first kappa shape index (κ1) is 22.1. The van der Waals surface area contributed by atoms with Crippen molar-refractivity contribution in [3.8, 4) is 5.75 Å². The van der Waals surface area contributed by atoms with Gasteiger partial charge in [-0.2, -0.15) is 0 Å². The van der Waals surface area contributed by atoms with Crippen molar-refractivity contribution < 1.29 is 14.3 Å². The zero-order valence-corrected chi connectivity index (χ0v) is 18.0. The molecule has 0 radical (unpaired) electrons. The first-order chi connectivity index (χ1) is 15.1. The number of nitrogens with zero attached hydrogens (tertiary/aromatic N) is 1. The van der Waals surface area contributed by atoms with E-state index in [9.17, 15) is 9.59 Å². The Kier molecular flexibility index (Phi) is 7.82. The number of hydrogen-bond acceptors (Lipinski definition) is 3. The van der Waals surface area contributed by atoms with Gasteiger partial charge in [-0.15, -0.1) is 0 Å². The van der Waals surface area contributed by atoms with Crippen molar-refractivity contribution >= 4 is 17.5 Å². The molecule has 0 bridgehead atoms. The number of benzene rings is 3. The van der Waals surface area contributed by atoms with Crippen molar-refractivity contribution in [3.05, 3.63) is 95.6 Å². The Hall–Kier alpha value is -3.60. The highest BCUT2D eigenvalue weighted by Crippen LogP contribution is 2.21. The summed E-state index contributed by atoms with van der Waals surface area (Å²) in [4.78, 5) is 27.3. The predicted octanol–water partition coefficient (Wildman–Crippen LogP) is 5.04. The molecule has 5 nitrogen and oxygen atoms in total. The van der Waals surface area contributed by atoms with Gasteiger partial charge >= 0.3 is 0 Å². The van der Waals surface area contributed by atoms with E-state index in [1.54, 1.807) is 47.4 Å². The van der Waals surface area contributed by atoms with E-state index in [4.69, 9.17) is 4.74 Å². The van der Waals surface area contributed by atoms with E-state index in [2.05, 4.69) is 17.4 Å². The summed E-state index contributed by atoms with van der Waals surface area (Å²) in [6.07, 6.45) is 0.756.